The fourth-order valence-corrected chi connectivity index (χ4v) is 3.02. The average molecular weight is 333 g/mol. The molecule has 1 atom stereocenters. The zero-order chi connectivity index (χ0) is 17.4. The van der Waals surface area contributed by atoms with Crippen LogP contribution in [0.15, 0.2) is 24.3 Å². The van der Waals surface area contributed by atoms with Gasteiger partial charge in [0.1, 0.15) is 6.10 Å². The van der Waals surface area contributed by atoms with Crippen molar-refractivity contribution in [2.45, 2.75) is 64.1 Å². The molecule has 2 rings (SSSR count). The van der Waals surface area contributed by atoms with Gasteiger partial charge in [0.25, 0.3) is 0 Å². The number of benzene rings is 1. The van der Waals surface area contributed by atoms with Crippen LogP contribution in [0.25, 0.3) is 0 Å². The number of carbonyl (C=O) groups is 2. The fourth-order valence-electron chi connectivity index (χ4n) is 3.02. The maximum atomic E-state index is 12.1. The topological polar surface area (TPSA) is 75.6 Å². The van der Waals surface area contributed by atoms with Crippen molar-refractivity contribution in [3.05, 3.63) is 35.4 Å². The van der Waals surface area contributed by atoms with Crippen LogP contribution in [0.1, 0.15) is 61.4 Å². The van der Waals surface area contributed by atoms with E-state index >= 15 is 0 Å². The molecule has 1 fully saturated rings. The number of hydrogen-bond donors (Lipinski definition) is 2. The Bertz CT molecular complexity index is 533. The summed E-state index contributed by atoms with van der Waals surface area (Å²) < 4.78 is 5.90. The Labute approximate surface area is 143 Å². The Morgan fingerprint density at radius 1 is 1.17 bits per heavy atom. The summed E-state index contributed by atoms with van der Waals surface area (Å²) in [4.78, 5) is 22.9. The van der Waals surface area contributed by atoms with Crippen molar-refractivity contribution in [2.75, 3.05) is 6.54 Å². The molecule has 1 unspecified atom stereocenters. The summed E-state index contributed by atoms with van der Waals surface area (Å²) in [5, 5.41) is 11.8. The van der Waals surface area contributed by atoms with Crippen LogP contribution in [0.5, 0.6) is 0 Å². The van der Waals surface area contributed by atoms with E-state index < -0.39 is 12.1 Å². The first-order chi connectivity index (χ1) is 11.6. The SMILES string of the molecule is CC(OC1CCCCCC1)C(=O)NCCc1ccc(C(=O)O)cc1. The maximum Gasteiger partial charge on any atom is 0.335 e. The molecule has 0 spiro atoms. The van der Waals surface area contributed by atoms with Gasteiger partial charge in [-0.2, -0.15) is 0 Å². The number of amides is 1. The van der Waals surface area contributed by atoms with E-state index in [-0.39, 0.29) is 17.6 Å². The van der Waals surface area contributed by atoms with Gasteiger partial charge >= 0.3 is 5.97 Å². The van der Waals surface area contributed by atoms with Crippen LogP contribution < -0.4 is 5.32 Å². The van der Waals surface area contributed by atoms with Crippen LogP contribution in [0.4, 0.5) is 0 Å². The predicted octanol–water partition coefficient (Wildman–Crippen LogP) is 3.17. The number of ether oxygens (including phenoxy) is 1. The molecular formula is C19H27NO4. The van der Waals surface area contributed by atoms with E-state index in [1.54, 1.807) is 24.3 Å². The van der Waals surface area contributed by atoms with E-state index in [0.717, 1.165) is 18.4 Å². The lowest BCUT2D eigenvalue weighted by Crippen LogP contribution is -2.37. The summed E-state index contributed by atoms with van der Waals surface area (Å²) in [6.07, 6.45) is 7.45. The molecule has 2 N–H and O–H groups in total. The summed E-state index contributed by atoms with van der Waals surface area (Å²) >= 11 is 0. The van der Waals surface area contributed by atoms with Crippen molar-refractivity contribution in [3.63, 3.8) is 0 Å². The smallest absolute Gasteiger partial charge is 0.335 e. The zero-order valence-corrected chi connectivity index (χ0v) is 14.3. The van der Waals surface area contributed by atoms with Crippen molar-refractivity contribution in [2.24, 2.45) is 0 Å². The molecule has 5 nitrogen and oxygen atoms in total. The second-order valence-corrected chi connectivity index (χ2v) is 6.43. The summed E-state index contributed by atoms with van der Waals surface area (Å²) in [6.45, 7) is 2.32. The minimum atomic E-state index is -0.931. The number of rotatable bonds is 7. The van der Waals surface area contributed by atoms with Crippen LogP contribution in [0.3, 0.4) is 0 Å². The van der Waals surface area contributed by atoms with Gasteiger partial charge in [0.05, 0.1) is 11.7 Å². The molecular weight excluding hydrogens is 306 g/mol. The minimum Gasteiger partial charge on any atom is -0.478 e. The molecule has 1 amide bonds. The lowest BCUT2D eigenvalue weighted by Gasteiger charge is -2.20. The molecule has 0 aliphatic heterocycles. The highest BCUT2D eigenvalue weighted by Gasteiger charge is 2.20. The van der Waals surface area contributed by atoms with Gasteiger partial charge in [0.2, 0.25) is 5.91 Å². The minimum absolute atomic E-state index is 0.0820. The normalized spacial score (nSPS) is 17.0. The number of hydrogen-bond acceptors (Lipinski definition) is 3. The van der Waals surface area contributed by atoms with Crippen LogP contribution in [-0.4, -0.2) is 35.7 Å². The molecule has 132 valence electrons. The largest absolute Gasteiger partial charge is 0.478 e. The molecule has 0 bridgehead atoms. The van der Waals surface area contributed by atoms with Gasteiger partial charge in [-0.25, -0.2) is 4.79 Å². The van der Waals surface area contributed by atoms with Crippen LogP contribution in [0, 0.1) is 0 Å². The quantitative estimate of drug-likeness (QED) is 0.752. The van der Waals surface area contributed by atoms with Gasteiger partial charge in [0.15, 0.2) is 0 Å². The second-order valence-electron chi connectivity index (χ2n) is 6.43. The zero-order valence-electron chi connectivity index (χ0n) is 14.3. The van der Waals surface area contributed by atoms with Crippen molar-refractivity contribution >= 4 is 11.9 Å². The van der Waals surface area contributed by atoms with Crippen molar-refractivity contribution in [3.8, 4) is 0 Å². The molecule has 1 aliphatic rings. The van der Waals surface area contributed by atoms with Gasteiger partial charge in [-0.05, 0) is 43.9 Å². The van der Waals surface area contributed by atoms with Gasteiger partial charge in [-0.1, -0.05) is 37.8 Å². The fraction of sp³-hybridized carbons (Fsp3) is 0.579. The van der Waals surface area contributed by atoms with Crippen LogP contribution in [-0.2, 0) is 16.0 Å². The number of carboxylic acid groups (broad SMARTS) is 1. The van der Waals surface area contributed by atoms with Gasteiger partial charge in [-0.3, -0.25) is 4.79 Å². The van der Waals surface area contributed by atoms with E-state index in [1.807, 2.05) is 6.92 Å². The monoisotopic (exact) mass is 333 g/mol. The maximum absolute atomic E-state index is 12.1. The number of carboxylic acids is 1. The molecule has 24 heavy (non-hydrogen) atoms. The third-order valence-corrected chi connectivity index (χ3v) is 4.48. The highest BCUT2D eigenvalue weighted by Crippen LogP contribution is 2.20. The van der Waals surface area contributed by atoms with Crippen molar-refractivity contribution in [1.29, 1.82) is 0 Å². The Hall–Kier alpha value is -1.88. The third-order valence-electron chi connectivity index (χ3n) is 4.48. The second kappa shape index (κ2) is 9.42. The molecule has 0 aromatic heterocycles. The van der Waals surface area contributed by atoms with E-state index in [0.29, 0.717) is 13.0 Å². The number of carbonyl (C=O) groups excluding carboxylic acids is 1. The molecule has 1 saturated carbocycles. The third kappa shape index (κ3) is 5.96. The standard InChI is InChI=1S/C19H27NO4/c1-14(24-17-6-4-2-3-5-7-17)18(21)20-13-12-15-8-10-16(11-9-15)19(22)23/h8-11,14,17H,2-7,12-13H2,1H3,(H,20,21)(H,22,23). The first-order valence-electron chi connectivity index (χ1n) is 8.81. The lowest BCUT2D eigenvalue weighted by atomic mass is 10.1. The highest BCUT2D eigenvalue weighted by molar-refractivity contribution is 5.87. The van der Waals surface area contributed by atoms with Crippen molar-refractivity contribution in [1.82, 2.24) is 5.32 Å². The van der Waals surface area contributed by atoms with Gasteiger partial charge in [0, 0.05) is 6.54 Å². The first kappa shape index (κ1) is 18.5. The van der Waals surface area contributed by atoms with Gasteiger partial charge < -0.3 is 15.2 Å². The van der Waals surface area contributed by atoms with Gasteiger partial charge in [-0.15, -0.1) is 0 Å². The van der Waals surface area contributed by atoms with E-state index in [2.05, 4.69) is 5.32 Å². The Kier molecular flexibility index (Phi) is 7.25. The molecule has 0 radical (unpaired) electrons. The number of aromatic carboxylic acids is 1. The summed E-state index contributed by atoms with van der Waals surface area (Å²) in [6, 6.07) is 6.72. The molecule has 5 heteroatoms. The molecule has 0 saturated heterocycles. The number of nitrogens with one attached hydrogen (secondary N) is 1. The van der Waals surface area contributed by atoms with E-state index in [1.165, 1.54) is 25.7 Å². The van der Waals surface area contributed by atoms with Crippen LogP contribution in [0.2, 0.25) is 0 Å². The summed E-state index contributed by atoms with van der Waals surface area (Å²) in [5.74, 6) is -1.01. The molecule has 1 aliphatic carbocycles. The Morgan fingerprint density at radius 3 is 2.38 bits per heavy atom. The Morgan fingerprint density at radius 2 is 1.79 bits per heavy atom. The average Bonchev–Trinajstić information content (AvgIpc) is 2.83. The van der Waals surface area contributed by atoms with Crippen LogP contribution >= 0.6 is 0 Å². The summed E-state index contributed by atoms with van der Waals surface area (Å²) in [5.41, 5.74) is 1.27. The molecule has 1 aromatic rings. The van der Waals surface area contributed by atoms with E-state index in [4.69, 9.17) is 9.84 Å². The molecule has 0 heterocycles. The predicted molar refractivity (Wildman–Crippen MR) is 92.2 cm³/mol. The highest BCUT2D eigenvalue weighted by atomic mass is 16.5. The van der Waals surface area contributed by atoms with Crippen molar-refractivity contribution < 1.29 is 19.4 Å². The lowest BCUT2D eigenvalue weighted by molar-refractivity contribution is -0.135. The first-order valence-corrected chi connectivity index (χ1v) is 8.81. The van der Waals surface area contributed by atoms with E-state index in [9.17, 15) is 9.59 Å². The molecule has 1 aromatic carbocycles. The Balaban J connectivity index is 1.70. The summed E-state index contributed by atoms with van der Waals surface area (Å²) in [7, 11) is 0.